The van der Waals surface area contributed by atoms with Crippen LogP contribution in [-0.4, -0.2) is 34.0 Å². The Labute approximate surface area is 113 Å². The zero-order chi connectivity index (χ0) is 14.0. The van der Waals surface area contributed by atoms with E-state index in [1.807, 2.05) is 0 Å². The quantitative estimate of drug-likeness (QED) is 0.366. The van der Waals surface area contributed by atoms with E-state index >= 15 is 0 Å². The molecule has 1 aromatic carbocycles. The van der Waals surface area contributed by atoms with Gasteiger partial charge >= 0.3 is 0 Å². The molecule has 7 nitrogen and oxygen atoms in total. The molecule has 2 amide bonds. The number of carbonyl (C=O) groups excluding carboxylic acids is 2. The van der Waals surface area contributed by atoms with Crippen molar-refractivity contribution in [1.82, 2.24) is 16.1 Å². The van der Waals surface area contributed by atoms with Gasteiger partial charge in [-0.05, 0) is 11.6 Å². The molecular weight excluding hydrogens is 274 g/mol. The zero-order valence-corrected chi connectivity index (χ0v) is 10.4. The van der Waals surface area contributed by atoms with Gasteiger partial charge in [0.2, 0.25) is 11.9 Å². The third-order valence-electron chi connectivity index (χ3n) is 2.92. The van der Waals surface area contributed by atoms with Gasteiger partial charge in [-0.2, -0.15) is 5.48 Å². The Hall–Kier alpha value is -1.67. The topological polar surface area (TPSA) is 111 Å². The number of rotatable bonds is 3. The van der Waals surface area contributed by atoms with Crippen LogP contribution in [0, 0.1) is 0 Å². The van der Waals surface area contributed by atoms with Gasteiger partial charge in [-0.3, -0.25) is 9.59 Å². The van der Waals surface area contributed by atoms with E-state index in [0.717, 1.165) is 0 Å². The molecule has 5 N–H and O–H groups in total. The standard InChI is InChI=1S/C11H12ClN3O4/c12-7-4-2-1-3-6(7)5-11(15-19)8(16)13-10(18)14-9(11)17/h1-4,10,15,18-19H,5H2,(H,13,16)(H,14,17). The van der Waals surface area contributed by atoms with Gasteiger partial charge in [0.15, 0.2) is 0 Å². The van der Waals surface area contributed by atoms with Crippen LogP contribution in [0.3, 0.4) is 0 Å². The van der Waals surface area contributed by atoms with E-state index in [4.69, 9.17) is 11.6 Å². The van der Waals surface area contributed by atoms with Crippen LogP contribution < -0.4 is 16.1 Å². The summed E-state index contributed by atoms with van der Waals surface area (Å²) in [5, 5.41) is 23.0. The number of carbonyl (C=O) groups is 2. The molecule has 1 saturated heterocycles. The summed E-state index contributed by atoms with van der Waals surface area (Å²) >= 11 is 5.96. The molecule has 1 aromatic rings. The normalized spacial score (nSPS) is 26.8. The van der Waals surface area contributed by atoms with Crippen molar-refractivity contribution in [1.29, 1.82) is 0 Å². The average Bonchev–Trinajstić information content (AvgIpc) is 2.36. The van der Waals surface area contributed by atoms with Gasteiger partial charge in [0.05, 0.1) is 0 Å². The summed E-state index contributed by atoms with van der Waals surface area (Å²) in [6.45, 7) is 0. The first kappa shape index (κ1) is 13.8. The lowest BCUT2D eigenvalue weighted by Crippen LogP contribution is -2.74. The van der Waals surface area contributed by atoms with E-state index in [1.54, 1.807) is 29.7 Å². The summed E-state index contributed by atoms with van der Waals surface area (Å²) in [5.41, 5.74) is 0.300. The summed E-state index contributed by atoms with van der Waals surface area (Å²) in [4.78, 5) is 23.8. The van der Waals surface area contributed by atoms with Crippen LogP contribution in [0.5, 0.6) is 0 Å². The SMILES string of the molecule is O=C1NC(O)NC(=O)C1(Cc1ccccc1Cl)NO. The number of benzene rings is 1. The highest BCUT2D eigenvalue weighted by atomic mass is 35.5. The molecule has 2 rings (SSSR count). The molecule has 8 heteroatoms. The molecule has 1 aliphatic heterocycles. The first-order valence-corrected chi connectivity index (χ1v) is 5.82. The molecule has 1 fully saturated rings. The first-order valence-electron chi connectivity index (χ1n) is 5.44. The largest absolute Gasteiger partial charge is 0.356 e. The van der Waals surface area contributed by atoms with E-state index in [-0.39, 0.29) is 6.42 Å². The number of aliphatic hydroxyl groups excluding tert-OH is 1. The van der Waals surface area contributed by atoms with Crippen LogP contribution in [0.1, 0.15) is 5.56 Å². The van der Waals surface area contributed by atoms with Crippen molar-refractivity contribution in [3.63, 3.8) is 0 Å². The van der Waals surface area contributed by atoms with Crippen LogP contribution in [0.4, 0.5) is 0 Å². The second kappa shape index (κ2) is 5.14. The highest BCUT2D eigenvalue weighted by Crippen LogP contribution is 2.22. The Morgan fingerprint density at radius 2 is 1.84 bits per heavy atom. The van der Waals surface area contributed by atoms with Gasteiger partial charge in [-0.15, -0.1) is 0 Å². The summed E-state index contributed by atoms with van der Waals surface area (Å²) < 4.78 is 0. The van der Waals surface area contributed by atoms with Crippen molar-refractivity contribution in [3.05, 3.63) is 34.9 Å². The Morgan fingerprint density at radius 3 is 2.37 bits per heavy atom. The Kier molecular flexibility index (Phi) is 3.72. The number of hydrogen-bond donors (Lipinski definition) is 5. The van der Waals surface area contributed by atoms with E-state index in [0.29, 0.717) is 10.6 Å². The highest BCUT2D eigenvalue weighted by molar-refractivity contribution is 6.31. The fraction of sp³-hybridized carbons (Fsp3) is 0.273. The Bertz CT molecular complexity index is 504. The van der Waals surface area contributed by atoms with Gasteiger partial charge in [0, 0.05) is 11.4 Å². The van der Waals surface area contributed by atoms with E-state index in [1.165, 1.54) is 0 Å². The van der Waals surface area contributed by atoms with Crippen molar-refractivity contribution in [3.8, 4) is 0 Å². The van der Waals surface area contributed by atoms with Gasteiger partial charge < -0.3 is 20.9 Å². The van der Waals surface area contributed by atoms with E-state index in [9.17, 15) is 19.9 Å². The number of aliphatic hydroxyl groups is 1. The predicted molar refractivity (Wildman–Crippen MR) is 65.1 cm³/mol. The monoisotopic (exact) mass is 285 g/mol. The molecule has 102 valence electrons. The van der Waals surface area contributed by atoms with E-state index < -0.39 is 23.7 Å². The lowest BCUT2D eigenvalue weighted by molar-refractivity contribution is -0.155. The molecule has 1 aliphatic rings. The zero-order valence-electron chi connectivity index (χ0n) is 9.68. The fourth-order valence-electron chi connectivity index (χ4n) is 1.86. The molecule has 0 spiro atoms. The lowest BCUT2D eigenvalue weighted by atomic mass is 9.88. The maximum Gasteiger partial charge on any atom is 0.256 e. The van der Waals surface area contributed by atoms with Crippen molar-refractivity contribution in [2.24, 2.45) is 0 Å². The average molecular weight is 286 g/mol. The summed E-state index contributed by atoms with van der Waals surface area (Å²) in [6.07, 6.45) is -1.64. The van der Waals surface area contributed by atoms with Crippen LogP contribution >= 0.6 is 11.6 Å². The van der Waals surface area contributed by atoms with Gasteiger partial charge in [-0.25, -0.2) is 0 Å². The minimum absolute atomic E-state index is 0.159. The number of hydrogen-bond acceptors (Lipinski definition) is 5. The second-order valence-electron chi connectivity index (χ2n) is 4.13. The lowest BCUT2D eigenvalue weighted by Gasteiger charge is -2.35. The Balaban J connectivity index is 2.35. The fourth-order valence-corrected chi connectivity index (χ4v) is 2.07. The Morgan fingerprint density at radius 1 is 1.26 bits per heavy atom. The van der Waals surface area contributed by atoms with Crippen LogP contribution in [0.25, 0.3) is 0 Å². The van der Waals surface area contributed by atoms with Crippen LogP contribution in [0.2, 0.25) is 5.02 Å². The predicted octanol–water partition coefficient (Wildman–Crippen LogP) is -0.878. The van der Waals surface area contributed by atoms with Gasteiger partial charge in [0.1, 0.15) is 0 Å². The van der Waals surface area contributed by atoms with Crippen LogP contribution in [0.15, 0.2) is 24.3 Å². The van der Waals surface area contributed by atoms with Crippen molar-refractivity contribution in [2.75, 3.05) is 0 Å². The maximum atomic E-state index is 11.9. The third kappa shape index (κ3) is 2.41. The molecule has 0 saturated carbocycles. The summed E-state index contributed by atoms with van der Waals surface area (Å²) in [6, 6.07) is 6.64. The number of hydroxylamine groups is 1. The molecule has 0 bridgehead atoms. The minimum atomic E-state index is -1.93. The molecule has 0 radical (unpaired) electrons. The van der Waals surface area contributed by atoms with E-state index in [2.05, 4.69) is 10.6 Å². The van der Waals surface area contributed by atoms with Gasteiger partial charge in [0.25, 0.3) is 11.8 Å². The first-order chi connectivity index (χ1) is 8.99. The minimum Gasteiger partial charge on any atom is -0.356 e. The van der Waals surface area contributed by atoms with Gasteiger partial charge in [-0.1, -0.05) is 29.8 Å². The number of halogens is 1. The highest BCUT2D eigenvalue weighted by Gasteiger charge is 2.50. The summed E-state index contributed by atoms with van der Waals surface area (Å²) in [7, 11) is 0. The number of nitrogens with one attached hydrogen (secondary N) is 3. The maximum absolute atomic E-state index is 11.9. The molecule has 0 unspecified atom stereocenters. The summed E-state index contributed by atoms with van der Waals surface area (Å²) in [5.74, 6) is -1.68. The number of amides is 2. The molecule has 1 heterocycles. The third-order valence-corrected chi connectivity index (χ3v) is 3.28. The molecule has 0 aromatic heterocycles. The molecule has 0 atom stereocenters. The van der Waals surface area contributed by atoms with Crippen molar-refractivity contribution < 1.29 is 19.9 Å². The molecule has 19 heavy (non-hydrogen) atoms. The smallest absolute Gasteiger partial charge is 0.256 e. The van der Waals surface area contributed by atoms with Crippen molar-refractivity contribution >= 4 is 23.4 Å². The van der Waals surface area contributed by atoms with Crippen molar-refractivity contribution in [2.45, 2.75) is 18.3 Å². The second-order valence-corrected chi connectivity index (χ2v) is 4.54. The molecule has 0 aliphatic carbocycles. The van der Waals surface area contributed by atoms with Crippen LogP contribution in [-0.2, 0) is 16.0 Å². The molecular formula is C11H12ClN3O4.